The van der Waals surface area contributed by atoms with E-state index in [-0.39, 0.29) is 11.3 Å². The second-order valence-electron chi connectivity index (χ2n) is 8.91. The van der Waals surface area contributed by atoms with E-state index < -0.39 is 5.97 Å². The maximum atomic E-state index is 12.9. The van der Waals surface area contributed by atoms with E-state index in [1.54, 1.807) is 18.3 Å². The fourth-order valence-corrected chi connectivity index (χ4v) is 4.43. The predicted octanol–water partition coefficient (Wildman–Crippen LogP) is 4.83. The number of ether oxygens (including phenoxy) is 5. The molecule has 0 radical (unpaired) electrons. The van der Waals surface area contributed by atoms with Crippen LogP contribution in [-0.4, -0.2) is 78.2 Å². The van der Waals surface area contributed by atoms with E-state index in [4.69, 9.17) is 23.7 Å². The number of hydrogen-bond donors (Lipinski definition) is 0. The van der Waals surface area contributed by atoms with Crippen molar-refractivity contribution in [2.24, 2.45) is 4.99 Å². The fraction of sp³-hybridized carbons (Fsp3) is 0.333. The van der Waals surface area contributed by atoms with Crippen LogP contribution in [0.3, 0.4) is 0 Å². The van der Waals surface area contributed by atoms with E-state index in [2.05, 4.69) is 33.8 Å². The summed E-state index contributed by atoms with van der Waals surface area (Å²) < 4.78 is 27.1. The molecule has 1 aliphatic rings. The number of piperazine rings is 1. The molecule has 0 spiro atoms. The molecule has 1 saturated heterocycles. The van der Waals surface area contributed by atoms with Crippen molar-refractivity contribution in [2.75, 3.05) is 66.1 Å². The Morgan fingerprint density at radius 2 is 1.44 bits per heavy atom. The molecule has 0 aliphatic carbocycles. The minimum absolute atomic E-state index is 0.243. The van der Waals surface area contributed by atoms with E-state index in [0.717, 1.165) is 44.0 Å². The van der Waals surface area contributed by atoms with E-state index in [1.807, 2.05) is 18.2 Å². The molecular formula is C30H35N3O6. The number of esters is 1. The Kier molecular flexibility index (Phi) is 9.27. The van der Waals surface area contributed by atoms with Gasteiger partial charge in [-0.3, -0.25) is 4.99 Å². The molecule has 0 N–H and O–H groups in total. The highest BCUT2D eigenvalue weighted by Gasteiger charge is 2.20. The summed E-state index contributed by atoms with van der Waals surface area (Å²) in [4.78, 5) is 22.4. The first kappa shape index (κ1) is 27.8. The van der Waals surface area contributed by atoms with Crippen molar-refractivity contribution in [2.45, 2.75) is 6.92 Å². The van der Waals surface area contributed by atoms with Crippen molar-refractivity contribution in [1.29, 1.82) is 0 Å². The zero-order valence-electron chi connectivity index (χ0n) is 23.1. The van der Waals surface area contributed by atoms with Gasteiger partial charge < -0.3 is 33.5 Å². The van der Waals surface area contributed by atoms with Crippen LogP contribution in [0.25, 0.3) is 0 Å². The van der Waals surface area contributed by atoms with Crippen molar-refractivity contribution in [3.05, 3.63) is 65.7 Å². The topological polar surface area (TPSA) is 82.1 Å². The first-order chi connectivity index (χ1) is 19.0. The van der Waals surface area contributed by atoms with Crippen LogP contribution in [0.15, 0.2) is 59.6 Å². The molecule has 1 aliphatic heterocycles. The van der Waals surface area contributed by atoms with E-state index in [0.29, 0.717) is 23.0 Å². The van der Waals surface area contributed by atoms with E-state index in [9.17, 15) is 4.79 Å². The van der Waals surface area contributed by atoms with Gasteiger partial charge >= 0.3 is 5.97 Å². The normalized spacial score (nSPS) is 13.8. The van der Waals surface area contributed by atoms with Gasteiger partial charge in [-0.15, -0.1) is 0 Å². The maximum Gasteiger partial charge on any atom is 0.343 e. The smallest absolute Gasteiger partial charge is 0.343 e. The van der Waals surface area contributed by atoms with Gasteiger partial charge in [0.05, 0.1) is 39.7 Å². The van der Waals surface area contributed by atoms with Crippen LogP contribution in [0.1, 0.15) is 22.8 Å². The number of likely N-dealkylation sites (N-methyl/N-ethyl adjacent to an activating group) is 1. The van der Waals surface area contributed by atoms with Crippen LogP contribution < -0.4 is 28.6 Å². The van der Waals surface area contributed by atoms with Crippen molar-refractivity contribution in [1.82, 2.24) is 4.90 Å². The SMILES string of the molecule is CCN1CCN(c2ccc(N=Cc3ccc(OC(=O)c4cc(OC)c(OC)c(OC)c4)c(OC)c3)cc2)CC1. The molecule has 0 atom stereocenters. The molecule has 3 aromatic rings. The lowest BCUT2D eigenvalue weighted by molar-refractivity contribution is 0.0728. The van der Waals surface area contributed by atoms with E-state index >= 15 is 0 Å². The number of carbonyl (C=O) groups is 1. The van der Waals surface area contributed by atoms with Gasteiger partial charge in [0.15, 0.2) is 23.0 Å². The second kappa shape index (κ2) is 13.0. The molecule has 3 aromatic carbocycles. The van der Waals surface area contributed by atoms with Gasteiger partial charge in [-0.05, 0) is 66.7 Å². The Morgan fingerprint density at radius 3 is 2.00 bits per heavy atom. The number of methoxy groups -OCH3 is 4. The summed E-state index contributed by atoms with van der Waals surface area (Å²) in [5, 5.41) is 0. The van der Waals surface area contributed by atoms with Crippen LogP contribution in [0.2, 0.25) is 0 Å². The highest BCUT2D eigenvalue weighted by atomic mass is 16.6. The largest absolute Gasteiger partial charge is 0.493 e. The van der Waals surface area contributed by atoms with Gasteiger partial charge in [-0.1, -0.05) is 6.92 Å². The number of nitrogens with zero attached hydrogens (tertiary/aromatic N) is 3. The number of rotatable bonds is 10. The standard InChI is InChI=1S/C30H35N3O6/c1-6-32-13-15-33(16-14-32)24-10-8-23(9-11-24)31-20-21-7-12-25(26(17-21)35-2)39-30(34)22-18-27(36-3)29(38-5)28(19-22)37-4/h7-12,17-20H,6,13-16H2,1-5H3. The van der Waals surface area contributed by atoms with Crippen molar-refractivity contribution >= 4 is 23.6 Å². The molecule has 4 rings (SSSR count). The summed E-state index contributed by atoms with van der Waals surface area (Å²) >= 11 is 0. The summed E-state index contributed by atoms with van der Waals surface area (Å²) in [6.07, 6.45) is 1.75. The maximum absolute atomic E-state index is 12.9. The minimum atomic E-state index is -0.592. The zero-order chi connectivity index (χ0) is 27.8. The molecule has 39 heavy (non-hydrogen) atoms. The summed E-state index contributed by atoms with van der Waals surface area (Å²) in [5.74, 6) is 1.19. The van der Waals surface area contributed by atoms with Gasteiger partial charge in [0.1, 0.15) is 0 Å². The Labute approximate surface area is 229 Å². The Bertz CT molecular complexity index is 1280. The number of carbonyl (C=O) groups excluding carboxylic acids is 1. The predicted molar refractivity (Wildman–Crippen MR) is 152 cm³/mol. The molecule has 206 valence electrons. The van der Waals surface area contributed by atoms with Gasteiger partial charge in [-0.25, -0.2) is 4.79 Å². The summed E-state index contributed by atoms with van der Waals surface area (Å²) in [6, 6.07) is 16.6. The zero-order valence-corrected chi connectivity index (χ0v) is 23.1. The molecule has 0 unspecified atom stereocenters. The number of anilines is 1. The minimum Gasteiger partial charge on any atom is -0.493 e. The Morgan fingerprint density at radius 1 is 0.795 bits per heavy atom. The first-order valence-corrected chi connectivity index (χ1v) is 12.8. The second-order valence-corrected chi connectivity index (χ2v) is 8.91. The number of hydrogen-bond acceptors (Lipinski definition) is 9. The molecule has 0 saturated carbocycles. The molecule has 1 heterocycles. The van der Waals surface area contributed by atoms with E-state index in [1.165, 1.54) is 46.3 Å². The van der Waals surface area contributed by atoms with Gasteiger partial charge in [-0.2, -0.15) is 0 Å². The molecule has 9 nitrogen and oxygen atoms in total. The molecule has 1 fully saturated rings. The van der Waals surface area contributed by atoms with Crippen molar-refractivity contribution in [3.8, 4) is 28.7 Å². The van der Waals surface area contributed by atoms with Crippen LogP contribution >= 0.6 is 0 Å². The van der Waals surface area contributed by atoms with Crippen LogP contribution in [-0.2, 0) is 0 Å². The van der Waals surface area contributed by atoms with Gasteiger partial charge in [0.25, 0.3) is 0 Å². The van der Waals surface area contributed by atoms with Gasteiger partial charge in [0, 0.05) is 38.1 Å². The van der Waals surface area contributed by atoms with Crippen molar-refractivity contribution in [3.63, 3.8) is 0 Å². The Hall–Kier alpha value is -4.24. The quantitative estimate of drug-likeness (QED) is 0.208. The highest BCUT2D eigenvalue weighted by molar-refractivity contribution is 5.93. The lowest BCUT2D eigenvalue weighted by Gasteiger charge is -2.35. The molecular weight excluding hydrogens is 498 g/mol. The number of aliphatic imine (C=N–C) groups is 1. The number of benzene rings is 3. The third kappa shape index (κ3) is 6.61. The fourth-order valence-electron chi connectivity index (χ4n) is 4.43. The third-order valence-corrected chi connectivity index (χ3v) is 6.69. The monoisotopic (exact) mass is 533 g/mol. The highest BCUT2D eigenvalue weighted by Crippen LogP contribution is 2.39. The lowest BCUT2D eigenvalue weighted by atomic mass is 10.1. The molecule has 0 bridgehead atoms. The molecule has 0 aromatic heterocycles. The van der Waals surface area contributed by atoms with Crippen molar-refractivity contribution < 1.29 is 28.5 Å². The Balaban J connectivity index is 1.44. The average molecular weight is 534 g/mol. The van der Waals surface area contributed by atoms with Crippen LogP contribution in [0.4, 0.5) is 11.4 Å². The summed E-state index contributed by atoms with van der Waals surface area (Å²) in [5.41, 5.74) is 3.11. The van der Waals surface area contributed by atoms with Crippen LogP contribution in [0, 0.1) is 0 Å². The van der Waals surface area contributed by atoms with Crippen LogP contribution in [0.5, 0.6) is 28.7 Å². The first-order valence-electron chi connectivity index (χ1n) is 12.8. The lowest BCUT2D eigenvalue weighted by Crippen LogP contribution is -2.46. The summed E-state index contributed by atoms with van der Waals surface area (Å²) in [6.45, 7) is 7.55. The molecule has 9 heteroatoms. The van der Waals surface area contributed by atoms with Gasteiger partial charge in [0.2, 0.25) is 5.75 Å². The summed E-state index contributed by atoms with van der Waals surface area (Å²) in [7, 11) is 5.99. The average Bonchev–Trinajstić information content (AvgIpc) is 2.99. The molecule has 0 amide bonds. The third-order valence-electron chi connectivity index (χ3n) is 6.69.